The maximum Gasteiger partial charge on any atom is 0.0102 e. The van der Waals surface area contributed by atoms with Gasteiger partial charge in [0.15, 0.2) is 0 Å². The molecular weight excluding hydrogens is 154 g/mol. The SMILES string of the molecule is C[C@]1(C2CCSCC2)C[C@@H]1N. The van der Waals surface area contributed by atoms with Gasteiger partial charge in [-0.05, 0) is 42.1 Å². The molecule has 2 aliphatic rings. The van der Waals surface area contributed by atoms with Gasteiger partial charge in [0.05, 0.1) is 0 Å². The number of rotatable bonds is 1. The lowest BCUT2D eigenvalue weighted by Crippen LogP contribution is -2.24. The topological polar surface area (TPSA) is 26.0 Å². The molecule has 0 spiro atoms. The molecule has 0 unspecified atom stereocenters. The summed E-state index contributed by atoms with van der Waals surface area (Å²) in [6, 6.07) is 0.524. The van der Waals surface area contributed by atoms with Gasteiger partial charge < -0.3 is 5.73 Å². The van der Waals surface area contributed by atoms with Crippen molar-refractivity contribution in [3.05, 3.63) is 0 Å². The minimum atomic E-state index is 0.524. The molecule has 0 aromatic carbocycles. The Morgan fingerprint density at radius 3 is 2.36 bits per heavy atom. The van der Waals surface area contributed by atoms with Crippen molar-refractivity contribution in [3.63, 3.8) is 0 Å². The Hall–Kier alpha value is 0.310. The summed E-state index contributed by atoms with van der Waals surface area (Å²) in [5, 5.41) is 0. The van der Waals surface area contributed by atoms with Crippen LogP contribution in [0.4, 0.5) is 0 Å². The zero-order chi connectivity index (χ0) is 7.90. The molecule has 1 saturated heterocycles. The number of hydrogen-bond donors (Lipinski definition) is 1. The monoisotopic (exact) mass is 171 g/mol. The third-order valence-electron chi connectivity index (χ3n) is 3.50. The van der Waals surface area contributed by atoms with Crippen LogP contribution in [0.2, 0.25) is 0 Å². The second-order valence-electron chi connectivity index (χ2n) is 4.20. The molecule has 2 rings (SSSR count). The molecule has 1 heterocycles. The Bertz CT molecular complexity index is 154. The molecule has 2 heteroatoms. The van der Waals surface area contributed by atoms with E-state index in [0.717, 1.165) is 5.92 Å². The fraction of sp³-hybridized carbons (Fsp3) is 1.00. The average molecular weight is 171 g/mol. The Morgan fingerprint density at radius 1 is 1.36 bits per heavy atom. The molecule has 0 aromatic rings. The van der Waals surface area contributed by atoms with Crippen molar-refractivity contribution in [3.8, 4) is 0 Å². The molecule has 64 valence electrons. The van der Waals surface area contributed by atoms with Gasteiger partial charge in [-0.3, -0.25) is 0 Å². The molecule has 1 aliphatic heterocycles. The summed E-state index contributed by atoms with van der Waals surface area (Å²) in [5.74, 6) is 3.68. The summed E-state index contributed by atoms with van der Waals surface area (Å²) in [6.45, 7) is 2.37. The quantitative estimate of drug-likeness (QED) is 0.652. The first kappa shape index (κ1) is 7.93. The predicted molar refractivity (Wildman–Crippen MR) is 50.7 cm³/mol. The van der Waals surface area contributed by atoms with E-state index < -0.39 is 0 Å². The molecule has 1 aliphatic carbocycles. The van der Waals surface area contributed by atoms with Gasteiger partial charge in [0.25, 0.3) is 0 Å². The highest BCUT2D eigenvalue weighted by Gasteiger charge is 2.52. The first-order chi connectivity index (χ1) is 5.23. The molecule has 2 atom stereocenters. The van der Waals surface area contributed by atoms with Crippen LogP contribution in [0, 0.1) is 11.3 Å². The summed E-state index contributed by atoms with van der Waals surface area (Å²) in [7, 11) is 0. The fourth-order valence-electron chi connectivity index (χ4n) is 2.24. The van der Waals surface area contributed by atoms with E-state index in [1.807, 2.05) is 0 Å². The van der Waals surface area contributed by atoms with E-state index in [2.05, 4.69) is 18.7 Å². The highest BCUT2D eigenvalue weighted by Crippen LogP contribution is 2.54. The lowest BCUT2D eigenvalue weighted by Gasteiger charge is -2.27. The van der Waals surface area contributed by atoms with Crippen molar-refractivity contribution in [1.29, 1.82) is 0 Å². The summed E-state index contributed by atoms with van der Waals surface area (Å²) in [4.78, 5) is 0. The van der Waals surface area contributed by atoms with E-state index in [0.29, 0.717) is 11.5 Å². The normalized spacial score (nSPS) is 45.8. The van der Waals surface area contributed by atoms with Crippen molar-refractivity contribution in [2.75, 3.05) is 11.5 Å². The van der Waals surface area contributed by atoms with E-state index in [9.17, 15) is 0 Å². The lowest BCUT2D eigenvalue weighted by molar-refractivity contribution is 0.304. The maximum atomic E-state index is 5.92. The molecule has 1 saturated carbocycles. The second kappa shape index (κ2) is 2.67. The minimum Gasteiger partial charge on any atom is -0.327 e. The van der Waals surface area contributed by atoms with Gasteiger partial charge in [-0.15, -0.1) is 0 Å². The van der Waals surface area contributed by atoms with E-state index in [4.69, 9.17) is 5.73 Å². The second-order valence-corrected chi connectivity index (χ2v) is 5.43. The highest BCUT2D eigenvalue weighted by atomic mass is 32.2. The smallest absolute Gasteiger partial charge is 0.0102 e. The number of thioether (sulfide) groups is 1. The standard InChI is InChI=1S/C9H17NS/c1-9(6-8(9)10)7-2-4-11-5-3-7/h7-8H,2-6,10H2,1H3/t8-,9+/m0/s1. The number of hydrogen-bond acceptors (Lipinski definition) is 2. The Balaban J connectivity index is 1.94. The van der Waals surface area contributed by atoms with E-state index in [1.54, 1.807) is 0 Å². The molecule has 0 radical (unpaired) electrons. The van der Waals surface area contributed by atoms with Crippen molar-refractivity contribution in [1.82, 2.24) is 0 Å². The maximum absolute atomic E-state index is 5.92. The number of nitrogens with two attached hydrogens (primary N) is 1. The Morgan fingerprint density at radius 2 is 1.91 bits per heavy atom. The molecular formula is C9H17NS. The first-order valence-electron chi connectivity index (χ1n) is 4.57. The molecule has 0 amide bonds. The van der Waals surface area contributed by atoms with Gasteiger partial charge >= 0.3 is 0 Å². The largest absolute Gasteiger partial charge is 0.327 e. The highest BCUT2D eigenvalue weighted by molar-refractivity contribution is 7.99. The van der Waals surface area contributed by atoms with Crippen molar-refractivity contribution >= 4 is 11.8 Å². The zero-order valence-electron chi connectivity index (χ0n) is 7.18. The first-order valence-corrected chi connectivity index (χ1v) is 5.72. The fourth-order valence-corrected chi connectivity index (χ4v) is 3.35. The predicted octanol–water partition coefficient (Wildman–Crippen LogP) is 1.87. The minimum absolute atomic E-state index is 0.524. The van der Waals surface area contributed by atoms with Crippen LogP contribution in [0.1, 0.15) is 26.2 Å². The van der Waals surface area contributed by atoms with Crippen molar-refractivity contribution in [2.45, 2.75) is 32.2 Å². The summed E-state index contributed by atoms with van der Waals surface area (Å²) >= 11 is 2.10. The van der Waals surface area contributed by atoms with Crippen LogP contribution >= 0.6 is 11.8 Å². The average Bonchev–Trinajstić information content (AvgIpc) is 2.64. The lowest BCUT2D eigenvalue weighted by atomic mass is 9.85. The van der Waals surface area contributed by atoms with Crippen LogP contribution in [0.3, 0.4) is 0 Å². The van der Waals surface area contributed by atoms with Gasteiger partial charge in [0, 0.05) is 6.04 Å². The van der Waals surface area contributed by atoms with Gasteiger partial charge in [-0.25, -0.2) is 0 Å². The van der Waals surface area contributed by atoms with Crippen LogP contribution in [0.25, 0.3) is 0 Å². The van der Waals surface area contributed by atoms with Crippen LogP contribution in [0.15, 0.2) is 0 Å². The third-order valence-corrected chi connectivity index (χ3v) is 4.55. The zero-order valence-corrected chi connectivity index (χ0v) is 7.99. The van der Waals surface area contributed by atoms with Gasteiger partial charge in [-0.1, -0.05) is 6.92 Å². The molecule has 0 aromatic heterocycles. The van der Waals surface area contributed by atoms with E-state index in [-0.39, 0.29) is 0 Å². The van der Waals surface area contributed by atoms with Gasteiger partial charge in [0.2, 0.25) is 0 Å². The molecule has 2 fully saturated rings. The molecule has 1 nitrogen and oxygen atoms in total. The molecule has 0 bridgehead atoms. The summed E-state index contributed by atoms with van der Waals surface area (Å²) in [6.07, 6.45) is 4.10. The molecule has 11 heavy (non-hydrogen) atoms. The van der Waals surface area contributed by atoms with Gasteiger partial charge in [0.1, 0.15) is 0 Å². The summed E-state index contributed by atoms with van der Waals surface area (Å²) < 4.78 is 0. The van der Waals surface area contributed by atoms with Crippen LogP contribution in [0.5, 0.6) is 0 Å². The van der Waals surface area contributed by atoms with Crippen LogP contribution in [-0.2, 0) is 0 Å². The van der Waals surface area contributed by atoms with Crippen molar-refractivity contribution in [2.24, 2.45) is 17.1 Å². The van der Waals surface area contributed by atoms with Crippen molar-refractivity contribution < 1.29 is 0 Å². The van der Waals surface area contributed by atoms with Crippen LogP contribution < -0.4 is 5.73 Å². The van der Waals surface area contributed by atoms with E-state index >= 15 is 0 Å². The molecule has 2 N–H and O–H groups in total. The third kappa shape index (κ3) is 1.31. The van der Waals surface area contributed by atoms with Crippen LogP contribution in [-0.4, -0.2) is 17.5 Å². The Labute approximate surface area is 73.1 Å². The van der Waals surface area contributed by atoms with Gasteiger partial charge in [-0.2, -0.15) is 11.8 Å². The summed E-state index contributed by atoms with van der Waals surface area (Å²) in [5.41, 5.74) is 6.47. The van der Waals surface area contributed by atoms with E-state index in [1.165, 1.54) is 30.8 Å². The Kier molecular flexibility index (Phi) is 1.92.